The molecule has 0 aliphatic rings. The summed E-state index contributed by atoms with van der Waals surface area (Å²) in [4.78, 5) is 8.78. The van der Waals surface area contributed by atoms with Crippen LogP contribution < -0.4 is 0 Å². The van der Waals surface area contributed by atoms with Gasteiger partial charge in [-0.1, -0.05) is 19.6 Å². The lowest BCUT2D eigenvalue weighted by Crippen LogP contribution is -1.86. The van der Waals surface area contributed by atoms with E-state index in [-0.39, 0.29) is 7.43 Å². The molecule has 0 atom stereocenters. The van der Waals surface area contributed by atoms with Gasteiger partial charge in [0.25, 0.3) is 0 Å². The minimum Gasteiger partial charge on any atom is -0.282 e. The molecule has 0 radical (unpaired) electrons. The summed E-state index contributed by atoms with van der Waals surface area (Å²) in [5.74, 6) is 0. The van der Waals surface area contributed by atoms with Crippen molar-refractivity contribution >= 4 is 15.9 Å². The summed E-state index contributed by atoms with van der Waals surface area (Å²) in [6.45, 7) is 7.89. The Hall–Kier alpha value is -2.80. The molecule has 0 saturated carbocycles. The van der Waals surface area contributed by atoms with Gasteiger partial charge >= 0.3 is 0 Å². The normalized spacial score (nSPS) is 10.0. The van der Waals surface area contributed by atoms with E-state index in [1.54, 1.807) is 0 Å². The van der Waals surface area contributed by atoms with Gasteiger partial charge in [-0.3, -0.25) is 20.2 Å². The van der Waals surface area contributed by atoms with E-state index in [2.05, 4.69) is 46.3 Å². The van der Waals surface area contributed by atoms with Crippen molar-refractivity contribution in [2.45, 2.75) is 35.1 Å². The fraction of sp³-hybridized carbons (Fsp3) is 0.238. The minimum atomic E-state index is 0. The van der Waals surface area contributed by atoms with Gasteiger partial charge in [-0.2, -0.15) is 10.2 Å². The topological polar surface area (TPSA) is 83.1 Å². The number of pyridine rings is 2. The molecule has 0 amide bonds. The molecule has 0 fully saturated rings. The third-order valence-electron chi connectivity index (χ3n) is 3.86. The maximum Gasteiger partial charge on any atom is 0.125 e. The standard InChI is InChI=1S/C10H10BrN3.C10H11N3.CH4/c1-6-4-3-5-8(12-6)10-9(11)7(2)13-14-10;1-7-4-3-5-9(11-7)10-6-8(2)12-13-10;/h3-5H,1-2H3,(H,13,14);3-6H,1-2H3,(H,12,13);1H4. The van der Waals surface area contributed by atoms with Crippen LogP contribution in [0.1, 0.15) is 30.2 Å². The van der Waals surface area contributed by atoms with E-state index in [4.69, 9.17) is 0 Å². The van der Waals surface area contributed by atoms with Gasteiger partial charge in [0, 0.05) is 22.8 Å². The van der Waals surface area contributed by atoms with Crippen LogP contribution in [0.25, 0.3) is 22.8 Å². The average Bonchev–Trinajstić information content (AvgIpc) is 3.22. The molecule has 0 unspecified atom stereocenters. The quantitative estimate of drug-likeness (QED) is 0.426. The Labute approximate surface area is 174 Å². The largest absolute Gasteiger partial charge is 0.282 e. The van der Waals surface area contributed by atoms with Gasteiger partial charge in [0.05, 0.1) is 15.9 Å². The zero-order chi connectivity index (χ0) is 19.4. The first-order valence-corrected chi connectivity index (χ1v) is 9.34. The van der Waals surface area contributed by atoms with Crippen molar-refractivity contribution < 1.29 is 0 Å². The highest BCUT2D eigenvalue weighted by molar-refractivity contribution is 9.10. The number of hydrogen-bond acceptors (Lipinski definition) is 4. The summed E-state index contributed by atoms with van der Waals surface area (Å²) in [6, 6.07) is 13.8. The summed E-state index contributed by atoms with van der Waals surface area (Å²) in [5, 5.41) is 14.1. The van der Waals surface area contributed by atoms with Crippen LogP contribution in [-0.4, -0.2) is 30.4 Å². The van der Waals surface area contributed by atoms with Crippen LogP contribution in [0.5, 0.6) is 0 Å². The molecular formula is C21H25BrN6. The molecule has 0 spiro atoms. The van der Waals surface area contributed by atoms with Gasteiger partial charge in [-0.25, -0.2) is 0 Å². The predicted octanol–water partition coefficient (Wildman–Crippen LogP) is 5.58. The van der Waals surface area contributed by atoms with E-state index in [0.29, 0.717) is 0 Å². The van der Waals surface area contributed by atoms with Gasteiger partial charge in [0.1, 0.15) is 11.4 Å². The molecule has 4 heterocycles. The molecule has 4 aromatic heterocycles. The smallest absolute Gasteiger partial charge is 0.125 e. The van der Waals surface area contributed by atoms with E-state index in [1.807, 2.05) is 70.2 Å². The fourth-order valence-corrected chi connectivity index (χ4v) is 2.88. The predicted molar refractivity (Wildman–Crippen MR) is 117 cm³/mol. The zero-order valence-electron chi connectivity index (χ0n) is 15.7. The number of nitrogens with one attached hydrogen (secondary N) is 2. The molecule has 4 rings (SSSR count). The molecule has 2 N–H and O–H groups in total. The Morgan fingerprint density at radius 3 is 1.86 bits per heavy atom. The Morgan fingerprint density at radius 1 is 0.750 bits per heavy atom. The van der Waals surface area contributed by atoms with Crippen LogP contribution in [0.4, 0.5) is 0 Å². The summed E-state index contributed by atoms with van der Waals surface area (Å²) in [7, 11) is 0. The SMILES string of the molecule is C.Cc1cccc(-c2cc(C)[nH]n2)n1.Cc1cccc(-c2n[nH]c(C)c2Br)n1. The lowest BCUT2D eigenvalue weighted by atomic mass is 10.2. The molecule has 0 bridgehead atoms. The third-order valence-corrected chi connectivity index (χ3v) is 4.83. The van der Waals surface area contributed by atoms with Crippen molar-refractivity contribution in [1.82, 2.24) is 30.4 Å². The number of H-pyrrole nitrogens is 2. The van der Waals surface area contributed by atoms with E-state index >= 15 is 0 Å². The van der Waals surface area contributed by atoms with Gasteiger partial charge in [0.2, 0.25) is 0 Å². The van der Waals surface area contributed by atoms with Crippen LogP contribution >= 0.6 is 15.9 Å². The van der Waals surface area contributed by atoms with E-state index in [1.165, 1.54) is 0 Å². The molecule has 4 aromatic rings. The third kappa shape index (κ3) is 5.13. The molecule has 6 nitrogen and oxygen atoms in total. The van der Waals surface area contributed by atoms with Crippen LogP contribution in [0, 0.1) is 27.7 Å². The van der Waals surface area contributed by atoms with Crippen molar-refractivity contribution in [3.63, 3.8) is 0 Å². The number of halogens is 1. The van der Waals surface area contributed by atoms with Gasteiger partial charge < -0.3 is 0 Å². The molecule has 0 aliphatic carbocycles. The molecule has 0 aliphatic heterocycles. The lowest BCUT2D eigenvalue weighted by molar-refractivity contribution is 1.04. The number of aromatic nitrogens is 6. The first-order chi connectivity index (χ1) is 12.9. The molecule has 7 heteroatoms. The van der Waals surface area contributed by atoms with Crippen molar-refractivity contribution in [3.05, 3.63) is 69.7 Å². The van der Waals surface area contributed by atoms with Crippen molar-refractivity contribution in [1.29, 1.82) is 0 Å². The van der Waals surface area contributed by atoms with Crippen LogP contribution in [0.15, 0.2) is 46.9 Å². The van der Waals surface area contributed by atoms with Gasteiger partial charge in [0.15, 0.2) is 0 Å². The van der Waals surface area contributed by atoms with E-state index < -0.39 is 0 Å². The van der Waals surface area contributed by atoms with Crippen molar-refractivity contribution in [2.75, 3.05) is 0 Å². The minimum absolute atomic E-state index is 0. The summed E-state index contributed by atoms with van der Waals surface area (Å²) >= 11 is 3.48. The average molecular weight is 441 g/mol. The van der Waals surface area contributed by atoms with Crippen LogP contribution in [-0.2, 0) is 0 Å². The molecule has 0 aromatic carbocycles. The second kappa shape index (κ2) is 9.41. The molecule has 0 saturated heterocycles. The van der Waals surface area contributed by atoms with Gasteiger partial charge in [-0.15, -0.1) is 0 Å². The number of aryl methyl sites for hydroxylation is 4. The summed E-state index contributed by atoms with van der Waals surface area (Å²) in [5.41, 5.74) is 7.66. The number of hydrogen-bond donors (Lipinski definition) is 2. The maximum absolute atomic E-state index is 4.41. The van der Waals surface area contributed by atoms with Crippen LogP contribution in [0.2, 0.25) is 0 Å². The monoisotopic (exact) mass is 440 g/mol. The fourth-order valence-electron chi connectivity index (χ4n) is 2.50. The highest BCUT2D eigenvalue weighted by Gasteiger charge is 2.10. The highest BCUT2D eigenvalue weighted by Crippen LogP contribution is 2.26. The first kappa shape index (κ1) is 21.5. The highest BCUT2D eigenvalue weighted by atomic mass is 79.9. The van der Waals surface area contributed by atoms with Crippen LogP contribution in [0.3, 0.4) is 0 Å². The lowest BCUT2D eigenvalue weighted by Gasteiger charge is -1.97. The number of nitrogens with zero attached hydrogens (tertiary/aromatic N) is 4. The van der Waals surface area contributed by atoms with Crippen molar-refractivity contribution in [2.24, 2.45) is 0 Å². The first-order valence-electron chi connectivity index (χ1n) is 8.54. The second-order valence-corrected chi connectivity index (χ2v) is 7.07. The van der Waals surface area contributed by atoms with E-state index in [9.17, 15) is 0 Å². The molecule has 28 heavy (non-hydrogen) atoms. The Kier molecular flexibility index (Phi) is 7.23. The van der Waals surface area contributed by atoms with E-state index in [0.717, 1.165) is 50.0 Å². The Morgan fingerprint density at radius 2 is 1.36 bits per heavy atom. The number of aromatic amines is 2. The Bertz CT molecular complexity index is 1050. The molecular weight excluding hydrogens is 416 g/mol. The maximum atomic E-state index is 4.41. The number of rotatable bonds is 2. The second-order valence-electron chi connectivity index (χ2n) is 6.28. The molecule has 146 valence electrons. The summed E-state index contributed by atoms with van der Waals surface area (Å²) in [6.07, 6.45) is 0. The van der Waals surface area contributed by atoms with Gasteiger partial charge in [-0.05, 0) is 74.0 Å². The van der Waals surface area contributed by atoms with Crippen molar-refractivity contribution in [3.8, 4) is 22.8 Å². The summed E-state index contributed by atoms with van der Waals surface area (Å²) < 4.78 is 0.982. The Balaban J connectivity index is 0.000000194. The zero-order valence-corrected chi connectivity index (χ0v) is 17.3.